The summed E-state index contributed by atoms with van der Waals surface area (Å²) < 4.78 is 54.9. The Bertz CT molecular complexity index is 128. The minimum absolute atomic E-state index is 2.65. The monoisotopic (exact) mass is 298 g/mol. The third kappa shape index (κ3) is 663. The van der Waals surface area contributed by atoms with Crippen molar-refractivity contribution in [2.24, 2.45) is 0 Å². The molecule has 3 nitrogen and oxygen atoms in total. The first-order valence-electron chi connectivity index (χ1n) is 1.13. The van der Waals surface area contributed by atoms with E-state index in [1.807, 2.05) is 0 Å². The molecule has 0 saturated carbocycles. The van der Waals surface area contributed by atoms with E-state index in [-0.39, 0.29) is 0 Å². The van der Waals surface area contributed by atoms with Gasteiger partial charge >= 0.3 is 39.3 Å². The fourth-order valence-electron chi connectivity index (χ4n) is 0. The van der Waals surface area contributed by atoms with Crippen LogP contribution in [0.1, 0.15) is 0 Å². The van der Waals surface area contributed by atoms with Crippen molar-refractivity contribution in [2.75, 3.05) is 0 Å². The summed E-state index contributed by atoms with van der Waals surface area (Å²) in [5.74, 6) is 0. The second-order valence-electron chi connectivity index (χ2n) is 0.610. The third-order valence-electron chi connectivity index (χ3n) is 0. The maximum atomic E-state index is 9.82. The summed E-state index contributed by atoms with van der Waals surface area (Å²) in [7, 11) is -3.97. The van der Waals surface area contributed by atoms with Gasteiger partial charge in [0.2, 0.25) is 0 Å². The predicted molar refractivity (Wildman–Crippen MR) is 37.9 cm³/mol. The van der Waals surface area contributed by atoms with E-state index in [0.29, 0.717) is 0 Å². The first kappa shape index (κ1) is 12.5. The van der Waals surface area contributed by atoms with Crippen LogP contribution >= 0.6 is 33.2 Å². The normalized spacial score (nSPS) is 11.4. The summed E-state index contributed by atoms with van der Waals surface area (Å²) in [6, 6.07) is 0. The predicted octanol–water partition coefficient (Wildman–Crippen LogP) is 1.87. The summed E-state index contributed by atoms with van der Waals surface area (Å²) in [6.07, 6.45) is 0. The number of hydrogen-bond donors (Lipinski definition) is 2. The molecule has 9 heavy (non-hydrogen) atoms. The quantitative estimate of drug-likeness (QED) is 0.311. The third-order valence-corrected chi connectivity index (χ3v) is 0. The summed E-state index contributed by atoms with van der Waals surface area (Å²) in [5.41, 5.74) is 0. The Labute approximate surface area is 63.9 Å². The van der Waals surface area contributed by atoms with E-state index in [1.165, 1.54) is 0 Å². The zero-order valence-corrected chi connectivity index (χ0v) is 7.50. The van der Waals surface area contributed by atoms with Gasteiger partial charge < -0.3 is 0 Å². The SMILES string of the molecule is FI(F)F.O=S(=O)(O)S. The van der Waals surface area contributed by atoms with Gasteiger partial charge in [-0.2, -0.15) is 8.42 Å². The van der Waals surface area contributed by atoms with E-state index in [2.05, 4.69) is 11.7 Å². The van der Waals surface area contributed by atoms with Crippen LogP contribution in [0, 0.1) is 0 Å². The standard InChI is InChI=1S/F3I.H2O3S2/c1-4(2)3;1-5(2,3)4/h;(H2,1,2,3,4). The Morgan fingerprint density at radius 1 is 1.33 bits per heavy atom. The van der Waals surface area contributed by atoms with E-state index >= 15 is 0 Å². The van der Waals surface area contributed by atoms with Gasteiger partial charge in [-0.3, -0.25) is 4.55 Å². The van der Waals surface area contributed by atoms with E-state index in [0.717, 1.165) is 0 Å². The molecule has 0 rings (SSSR count). The van der Waals surface area contributed by atoms with Gasteiger partial charge in [0.1, 0.15) is 0 Å². The Hall–Kier alpha value is 0.780. The molecule has 0 spiro atoms. The van der Waals surface area contributed by atoms with Gasteiger partial charge in [-0.05, 0) is 11.7 Å². The van der Waals surface area contributed by atoms with E-state index in [4.69, 9.17) is 13.0 Å². The number of hydrogen-bond acceptors (Lipinski definition) is 2. The maximum Gasteiger partial charge on any atom is 0.316 e. The van der Waals surface area contributed by atoms with Crippen molar-refractivity contribution in [3.63, 3.8) is 0 Å². The van der Waals surface area contributed by atoms with Crippen LogP contribution in [0.3, 0.4) is 0 Å². The van der Waals surface area contributed by atoms with Crippen molar-refractivity contribution in [1.29, 1.82) is 0 Å². The van der Waals surface area contributed by atoms with Gasteiger partial charge in [0.15, 0.2) is 0 Å². The van der Waals surface area contributed by atoms with Crippen molar-refractivity contribution >= 4 is 42.3 Å². The van der Waals surface area contributed by atoms with Gasteiger partial charge in [-0.1, -0.05) is 0 Å². The van der Waals surface area contributed by atoms with Crippen molar-refractivity contribution in [3.05, 3.63) is 0 Å². The van der Waals surface area contributed by atoms with Crippen LogP contribution in [0.2, 0.25) is 0 Å². The summed E-state index contributed by atoms with van der Waals surface area (Å²) in [5, 5.41) is 0. The molecule has 0 unspecified atom stereocenters. The molecular weight excluding hydrogens is 296 g/mol. The average molecular weight is 298 g/mol. The molecular formula is H2F3IO3S2. The van der Waals surface area contributed by atoms with E-state index in [1.54, 1.807) is 0 Å². The molecule has 0 aliphatic heterocycles. The molecule has 9 heteroatoms. The molecule has 0 aromatic carbocycles. The van der Waals surface area contributed by atoms with Crippen LogP contribution in [0.15, 0.2) is 0 Å². The second-order valence-corrected chi connectivity index (χ2v) is 3.81. The molecule has 0 fully saturated rings. The first-order valence-corrected chi connectivity index (χ1v) is 6.07. The Morgan fingerprint density at radius 2 is 1.33 bits per heavy atom. The van der Waals surface area contributed by atoms with Gasteiger partial charge in [0.05, 0.1) is 0 Å². The van der Waals surface area contributed by atoms with Gasteiger partial charge in [-0.15, -0.1) is 0 Å². The largest absolute Gasteiger partial charge is 0.316 e. The van der Waals surface area contributed by atoms with Crippen LogP contribution in [0.25, 0.3) is 0 Å². The number of halogens is 4. The molecule has 0 aromatic rings. The van der Waals surface area contributed by atoms with E-state index in [9.17, 15) is 8.58 Å². The molecule has 0 radical (unpaired) electrons. The first-order chi connectivity index (χ1) is 3.73. The molecule has 0 aromatic heterocycles. The zero-order chi connectivity index (χ0) is 8.08. The Kier molecular flexibility index (Phi) is 7.69. The van der Waals surface area contributed by atoms with Crippen LogP contribution in [0.4, 0.5) is 8.58 Å². The van der Waals surface area contributed by atoms with Crippen molar-refractivity contribution in [1.82, 2.24) is 0 Å². The second kappa shape index (κ2) is 5.56. The van der Waals surface area contributed by atoms with Crippen molar-refractivity contribution in [2.45, 2.75) is 0 Å². The smallest absolute Gasteiger partial charge is 0.277 e. The molecule has 60 valence electrons. The van der Waals surface area contributed by atoms with Crippen LogP contribution in [-0.4, -0.2) is 13.0 Å². The van der Waals surface area contributed by atoms with Crippen LogP contribution in [0.5, 0.6) is 0 Å². The molecule has 0 saturated heterocycles. The van der Waals surface area contributed by atoms with Crippen LogP contribution in [-0.2, 0) is 9.15 Å². The number of thiol groups is 1. The fourth-order valence-corrected chi connectivity index (χ4v) is 0. The Morgan fingerprint density at radius 3 is 1.33 bits per heavy atom. The number of rotatable bonds is 0. The molecule has 1 N–H and O–H groups in total. The maximum absolute atomic E-state index is 9.82. The summed E-state index contributed by atoms with van der Waals surface area (Å²) >= 11 is -2.11. The summed E-state index contributed by atoms with van der Waals surface area (Å²) in [4.78, 5) is 0. The van der Waals surface area contributed by atoms with Crippen molar-refractivity contribution < 1.29 is 21.6 Å². The van der Waals surface area contributed by atoms with Gasteiger partial charge in [0, 0.05) is 0 Å². The molecule has 0 heterocycles. The van der Waals surface area contributed by atoms with Gasteiger partial charge in [-0.25, -0.2) is 0 Å². The average Bonchev–Trinajstić information content (AvgIpc) is 1.19. The molecule has 0 aliphatic carbocycles. The Balaban J connectivity index is 0. The molecule has 0 aliphatic rings. The zero-order valence-electron chi connectivity index (χ0n) is 3.63. The minimum atomic E-state index is -4.76. The molecule has 0 atom stereocenters. The van der Waals surface area contributed by atoms with Crippen molar-refractivity contribution in [3.8, 4) is 0 Å². The summed E-state index contributed by atoms with van der Waals surface area (Å²) in [6.45, 7) is 0. The molecule has 0 bridgehead atoms. The van der Waals surface area contributed by atoms with E-state index < -0.39 is 30.7 Å². The fraction of sp³-hybridized carbons (Fsp3) is 0. The molecule has 0 amide bonds. The van der Waals surface area contributed by atoms with Gasteiger partial charge in [0.25, 0.3) is 0 Å². The minimum Gasteiger partial charge on any atom is -0.277 e. The van der Waals surface area contributed by atoms with Crippen LogP contribution < -0.4 is 0 Å². The topological polar surface area (TPSA) is 54.4 Å².